The second-order valence-electron chi connectivity index (χ2n) is 3.88. The van der Waals surface area contributed by atoms with Crippen molar-refractivity contribution in [3.8, 4) is 0 Å². The molecule has 0 unspecified atom stereocenters. The average molecular weight is 279 g/mol. The Balaban J connectivity index is 2.41. The lowest BCUT2D eigenvalue weighted by atomic mass is 10.3. The van der Waals surface area contributed by atoms with Crippen LogP contribution in [0.15, 0.2) is 10.2 Å². The van der Waals surface area contributed by atoms with Crippen LogP contribution < -0.4 is 15.9 Å². The van der Waals surface area contributed by atoms with Crippen molar-refractivity contribution < 1.29 is 13.6 Å². The highest BCUT2D eigenvalue weighted by Crippen LogP contribution is 2.08. The molecule has 0 atom stereocenters. The van der Waals surface area contributed by atoms with Gasteiger partial charge in [0.05, 0.1) is 13.1 Å². The number of carbonyl (C=O) groups excluding carboxylic acids is 1. The molecule has 0 aliphatic rings. The van der Waals surface area contributed by atoms with Crippen molar-refractivity contribution in [1.82, 2.24) is 9.88 Å². The molecule has 0 fully saturated rings. The Morgan fingerprint density at radius 3 is 2.78 bits per heavy atom. The van der Waals surface area contributed by atoms with Gasteiger partial charge in [0.2, 0.25) is 5.91 Å². The molecule has 3 N–H and O–H groups in total. The molecule has 1 aromatic heterocycles. The Kier molecular flexibility index (Phi) is 4.97. The number of amides is 1. The van der Waals surface area contributed by atoms with E-state index in [9.17, 15) is 18.4 Å². The lowest BCUT2D eigenvalue weighted by Crippen LogP contribution is -2.41. The van der Waals surface area contributed by atoms with Crippen molar-refractivity contribution in [2.45, 2.75) is 25.8 Å². The molecule has 0 bridgehead atoms. The molecular formula is C10H15F2N3O2S. The standard InChI is InChI=1S/C10H15F2N3O2S/c1-7-4-18-9(17)15(7)3-2-8(16)14-6-10(11,12)5-13/h4H,2-3,5-6,13H2,1H3,(H,14,16). The minimum Gasteiger partial charge on any atom is -0.350 e. The molecule has 0 saturated heterocycles. The predicted octanol–water partition coefficient (Wildman–Crippen LogP) is 0.319. The quantitative estimate of drug-likeness (QED) is 0.787. The SMILES string of the molecule is Cc1csc(=O)n1CCC(=O)NCC(F)(F)CN. The third-order valence-electron chi connectivity index (χ3n) is 2.38. The largest absolute Gasteiger partial charge is 0.350 e. The van der Waals surface area contributed by atoms with Crippen LogP contribution in [0.5, 0.6) is 0 Å². The van der Waals surface area contributed by atoms with Crippen molar-refractivity contribution in [1.29, 1.82) is 0 Å². The summed E-state index contributed by atoms with van der Waals surface area (Å²) in [6.45, 7) is 0.350. The minimum atomic E-state index is -3.09. The highest BCUT2D eigenvalue weighted by molar-refractivity contribution is 7.07. The molecule has 1 rings (SSSR count). The van der Waals surface area contributed by atoms with Crippen LogP contribution >= 0.6 is 11.3 Å². The number of hydrogen-bond donors (Lipinski definition) is 2. The Bertz CT molecular complexity index is 470. The van der Waals surface area contributed by atoms with Crippen LogP contribution in [-0.2, 0) is 11.3 Å². The smallest absolute Gasteiger partial charge is 0.307 e. The summed E-state index contributed by atoms with van der Waals surface area (Å²) < 4.78 is 27.0. The molecule has 0 radical (unpaired) electrons. The average Bonchev–Trinajstić information content (AvgIpc) is 2.64. The topological polar surface area (TPSA) is 77.1 Å². The van der Waals surface area contributed by atoms with E-state index in [0.29, 0.717) is 0 Å². The van der Waals surface area contributed by atoms with Gasteiger partial charge in [0.1, 0.15) is 0 Å². The van der Waals surface area contributed by atoms with Gasteiger partial charge >= 0.3 is 4.87 Å². The molecule has 0 aliphatic heterocycles. The molecule has 1 aromatic rings. The molecule has 0 spiro atoms. The van der Waals surface area contributed by atoms with Crippen molar-refractivity contribution in [3.63, 3.8) is 0 Å². The summed E-state index contributed by atoms with van der Waals surface area (Å²) in [5.74, 6) is -3.62. The minimum absolute atomic E-state index is 0.0157. The van der Waals surface area contributed by atoms with Crippen molar-refractivity contribution in [3.05, 3.63) is 20.7 Å². The van der Waals surface area contributed by atoms with E-state index in [1.165, 1.54) is 4.57 Å². The first-order valence-electron chi connectivity index (χ1n) is 5.35. The predicted molar refractivity (Wildman–Crippen MR) is 64.9 cm³/mol. The number of nitrogens with two attached hydrogens (primary N) is 1. The Morgan fingerprint density at radius 2 is 2.28 bits per heavy atom. The number of nitrogens with zero attached hydrogens (tertiary/aromatic N) is 1. The number of aromatic nitrogens is 1. The summed E-state index contributed by atoms with van der Waals surface area (Å²) in [7, 11) is 0. The van der Waals surface area contributed by atoms with Crippen LogP contribution in [0.1, 0.15) is 12.1 Å². The highest BCUT2D eigenvalue weighted by Gasteiger charge is 2.26. The number of rotatable bonds is 6. The normalized spacial score (nSPS) is 11.6. The number of nitrogens with one attached hydrogen (secondary N) is 1. The molecule has 18 heavy (non-hydrogen) atoms. The molecule has 5 nitrogen and oxygen atoms in total. The molecule has 8 heteroatoms. The number of aryl methyl sites for hydroxylation is 1. The maximum absolute atomic E-state index is 12.8. The van der Waals surface area contributed by atoms with Crippen LogP contribution in [0.25, 0.3) is 0 Å². The van der Waals surface area contributed by atoms with Gasteiger partial charge in [-0.3, -0.25) is 9.59 Å². The second-order valence-corrected chi connectivity index (χ2v) is 4.70. The number of thiazole rings is 1. The monoisotopic (exact) mass is 279 g/mol. The van der Waals surface area contributed by atoms with Crippen LogP contribution in [-0.4, -0.2) is 29.5 Å². The first kappa shape index (κ1) is 14.8. The van der Waals surface area contributed by atoms with Crippen LogP contribution in [0, 0.1) is 6.92 Å². The third-order valence-corrected chi connectivity index (χ3v) is 3.26. The van der Waals surface area contributed by atoms with Gasteiger partial charge in [-0.05, 0) is 6.92 Å². The number of hydrogen-bond acceptors (Lipinski definition) is 4. The summed E-state index contributed by atoms with van der Waals surface area (Å²) in [5.41, 5.74) is 5.59. The van der Waals surface area contributed by atoms with Gasteiger partial charge < -0.3 is 15.6 Å². The zero-order valence-electron chi connectivity index (χ0n) is 9.91. The van der Waals surface area contributed by atoms with E-state index in [0.717, 1.165) is 17.0 Å². The molecule has 0 saturated carbocycles. The number of carbonyl (C=O) groups is 1. The van der Waals surface area contributed by atoms with E-state index >= 15 is 0 Å². The zero-order valence-corrected chi connectivity index (χ0v) is 10.7. The van der Waals surface area contributed by atoms with Crippen LogP contribution in [0.2, 0.25) is 0 Å². The van der Waals surface area contributed by atoms with E-state index in [1.54, 1.807) is 12.3 Å². The summed E-state index contributed by atoms with van der Waals surface area (Å²) >= 11 is 1.04. The lowest BCUT2D eigenvalue weighted by Gasteiger charge is -2.14. The Morgan fingerprint density at radius 1 is 1.61 bits per heavy atom. The molecular weight excluding hydrogens is 264 g/mol. The first-order valence-corrected chi connectivity index (χ1v) is 6.23. The number of halogens is 2. The number of alkyl halides is 2. The van der Waals surface area contributed by atoms with E-state index in [2.05, 4.69) is 5.32 Å². The summed E-state index contributed by atoms with van der Waals surface area (Å²) in [5, 5.41) is 3.78. The van der Waals surface area contributed by atoms with Gasteiger partial charge in [0.15, 0.2) is 0 Å². The lowest BCUT2D eigenvalue weighted by molar-refractivity contribution is -0.123. The zero-order chi connectivity index (χ0) is 13.8. The summed E-state index contributed by atoms with van der Waals surface area (Å²) in [4.78, 5) is 22.5. The van der Waals surface area contributed by atoms with Crippen molar-refractivity contribution >= 4 is 17.2 Å². The van der Waals surface area contributed by atoms with Crippen molar-refractivity contribution in [2.75, 3.05) is 13.1 Å². The van der Waals surface area contributed by atoms with Gasteiger partial charge in [-0.2, -0.15) is 0 Å². The fourth-order valence-electron chi connectivity index (χ4n) is 1.28. The Labute approximate surface area is 107 Å². The van der Waals surface area contributed by atoms with E-state index in [4.69, 9.17) is 5.73 Å². The van der Waals surface area contributed by atoms with Gasteiger partial charge in [0, 0.05) is 24.0 Å². The molecule has 1 heterocycles. The fourth-order valence-corrected chi connectivity index (χ4v) is 2.04. The van der Waals surface area contributed by atoms with Gasteiger partial charge in [-0.25, -0.2) is 8.78 Å². The molecule has 102 valence electrons. The maximum Gasteiger partial charge on any atom is 0.307 e. The molecule has 0 aliphatic carbocycles. The summed E-state index contributed by atoms with van der Waals surface area (Å²) in [6, 6.07) is 0. The van der Waals surface area contributed by atoms with Gasteiger partial charge in [-0.1, -0.05) is 11.3 Å². The molecule has 1 amide bonds. The van der Waals surface area contributed by atoms with Crippen LogP contribution in [0.4, 0.5) is 8.78 Å². The van der Waals surface area contributed by atoms with E-state index < -0.39 is 24.9 Å². The maximum atomic E-state index is 12.8. The van der Waals surface area contributed by atoms with Gasteiger partial charge in [-0.15, -0.1) is 0 Å². The van der Waals surface area contributed by atoms with Crippen LogP contribution in [0.3, 0.4) is 0 Å². The fraction of sp³-hybridized carbons (Fsp3) is 0.600. The first-order chi connectivity index (χ1) is 8.35. The summed E-state index contributed by atoms with van der Waals surface area (Å²) in [6.07, 6.45) is -0.0157. The van der Waals surface area contributed by atoms with E-state index in [-0.39, 0.29) is 17.8 Å². The Hall–Kier alpha value is -1.28. The third kappa shape index (κ3) is 4.19. The molecule has 0 aromatic carbocycles. The van der Waals surface area contributed by atoms with Gasteiger partial charge in [0.25, 0.3) is 5.92 Å². The highest BCUT2D eigenvalue weighted by atomic mass is 32.1. The van der Waals surface area contributed by atoms with Crippen molar-refractivity contribution in [2.24, 2.45) is 5.73 Å². The van der Waals surface area contributed by atoms with E-state index in [1.807, 2.05) is 0 Å². The second kappa shape index (κ2) is 6.05.